The van der Waals surface area contributed by atoms with Crippen molar-refractivity contribution in [3.63, 3.8) is 0 Å². The van der Waals surface area contributed by atoms with Crippen LogP contribution >= 0.6 is 0 Å². The summed E-state index contributed by atoms with van der Waals surface area (Å²) in [5, 5.41) is 2.89. The summed E-state index contributed by atoms with van der Waals surface area (Å²) in [5.41, 5.74) is 0.511. The fraction of sp³-hybridized carbons (Fsp3) is 0.615. The first-order chi connectivity index (χ1) is 9.63. The first-order valence-electron chi connectivity index (χ1n) is 6.58. The van der Waals surface area contributed by atoms with Gasteiger partial charge in [-0.1, -0.05) is 0 Å². The van der Waals surface area contributed by atoms with Crippen LogP contribution in [-0.4, -0.2) is 50.3 Å². The molecule has 2 heterocycles. The summed E-state index contributed by atoms with van der Waals surface area (Å²) in [6.45, 7) is 1.25. The van der Waals surface area contributed by atoms with E-state index < -0.39 is 0 Å². The van der Waals surface area contributed by atoms with Crippen molar-refractivity contribution in [3.8, 4) is 5.88 Å². The van der Waals surface area contributed by atoms with Crippen LogP contribution in [0.15, 0.2) is 6.33 Å². The number of rotatable bonds is 4. The standard InChI is InChI=1S/C13H20N4O3/c1-17(2)11-10(13(19-3)15-8-14-11)16-12(18)9-4-6-20-7-5-9/h8-9H,4-7H2,1-3H3,(H,16,18). The van der Waals surface area contributed by atoms with E-state index in [-0.39, 0.29) is 11.8 Å². The minimum Gasteiger partial charge on any atom is -0.479 e. The normalized spacial score (nSPS) is 15.8. The molecule has 20 heavy (non-hydrogen) atoms. The molecule has 0 bridgehead atoms. The zero-order valence-electron chi connectivity index (χ0n) is 12.0. The largest absolute Gasteiger partial charge is 0.479 e. The van der Waals surface area contributed by atoms with Crippen molar-refractivity contribution in [3.05, 3.63) is 6.33 Å². The van der Waals surface area contributed by atoms with Crippen molar-refractivity contribution in [1.82, 2.24) is 9.97 Å². The lowest BCUT2D eigenvalue weighted by atomic mass is 9.99. The third-order valence-electron chi connectivity index (χ3n) is 3.25. The summed E-state index contributed by atoms with van der Waals surface area (Å²) >= 11 is 0. The van der Waals surface area contributed by atoms with Gasteiger partial charge in [-0.15, -0.1) is 0 Å². The van der Waals surface area contributed by atoms with Crippen LogP contribution < -0.4 is 15.0 Å². The fourth-order valence-electron chi connectivity index (χ4n) is 2.15. The second-order valence-electron chi connectivity index (χ2n) is 4.85. The van der Waals surface area contributed by atoms with Gasteiger partial charge < -0.3 is 19.7 Å². The van der Waals surface area contributed by atoms with Crippen molar-refractivity contribution >= 4 is 17.4 Å². The molecule has 1 aromatic heterocycles. The molecule has 1 fully saturated rings. The molecule has 110 valence electrons. The molecule has 0 unspecified atom stereocenters. The Hall–Kier alpha value is -1.89. The van der Waals surface area contributed by atoms with Crippen molar-refractivity contribution < 1.29 is 14.3 Å². The molecule has 0 saturated carbocycles. The summed E-state index contributed by atoms with van der Waals surface area (Å²) in [4.78, 5) is 22.3. The lowest BCUT2D eigenvalue weighted by Crippen LogP contribution is -2.29. The molecular weight excluding hydrogens is 260 g/mol. The minimum absolute atomic E-state index is 0.0375. The van der Waals surface area contributed by atoms with Gasteiger partial charge in [0.1, 0.15) is 12.0 Å². The predicted molar refractivity (Wildman–Crippen MR) is 75.1 cm³/mol. The van der Waals surface area contributed by atoms with E-state index in [1.165, 1.54) is 13.4 Å². The molecule has 7 nitrogen and oxygen atoms in total. The van der Waals surface area contributed by atoms with Gasteiger partial charge in [0.05, 0.1) is 7.11 Å². The SMILES string of the molecule is COc1ncnc(N(C)C)c1NC(=O)C1CCOCC1. The van der Waals surface area contributed by atoms with Crippen molar-refractivity contribution in [2.75, 3.05) is 44.6 Å². The Balaban J connectivity index is 2.20. The number of carbonyl (C=O) groups is 1. The summed E-state index contributed by atoms with van der Waals surface area (Å²) in [6.07, 6.45) is 2.89. The van der Waals surface area contributed by atoms with Crippen LogP contribution in [0.5, 0.6) is 5.88 Å². The minimum atomic E-state index is -0.0383. The number of methoxy groups -OCH3 is 1. The van der Waals surface area contributed by atoms with E-state index in [0.29, 0.717) is 30.6 Å². The summed E-state index contributed by atoms with van der Waals surface area (Å²) in [6, 6.07) is 0. The second kappa shape index (κ2) is 6.51. The van der Waals surface area contributed by atoms with Gasteiger partial charge in [-0.25, -0.2) is 4.98 Å². The molecule has 0 radical (unpaired) electrons. The smallest absolute Gasteiger partial charge is 0.242 e. The third-order valence-corrected chi connectivity index (χ3v) is 3.25. The van der Waals surface area contributed by atoms with Crippen LogP contribution in [0, 0.1) is 5.92 Å². The molecule has 1 N–H and O–H groups in total. The molecule has 1 aromatic rings. The van der Waals surface area contributed by atoms with Crippen LogP contribution in [-0.2, 0) is 9.53 Å². The van der Waals surface area contributed by atoms with E-state index in [0.717, 1.165) is 12.8 Å². The van der Waals surface area contributed by atoms with Gasteiger partial charge in [0.2, 0.25) is 11.8 Å². The van der Waals surface area contributed by atoms with Gasteiger partial charge in [0.15, 0.2) is 5.82 Å². The second-order valence-corrected chi connectivity index (χ2v) is 4.85. The molecule has 0 aromatic carbocycles. The maximum Gasteiger partial charge on any atom is 0.242 e. The summed E-state index contributed by atoms with van der Waals surface area (Å²) in [5.74, 6) is 0.912. The van der Waals surface area contributed by atoms with E-state index in [4.69, 9.17) is 9.47 Å². The Kier molecular flexibility index (Phi) is 4.73. The number of anilines is 2. The zero-order valence-corrected chi connectivity index (χ0v) is 12.0. The highest BCUT2D eigenvalue weighted by atomic mass is 16.5. The van der Waals surface area contributed by atoms with Gasteiger partial charge in [0, 0.05) is 33.2 Å². The summed E-state index contributed by atoms with van der Waals surface area (Å²) in [7, 11) is 5.23. The molecule has 1 amide bonds. The number of amides is 1. The third kappa shape index (κ3) is 3.16. The molecule has 0 atom stereocenters. The van der Waals surface area contributed by atoms with Crippen molar-refractivity contribution in [2.24, 2.45) is 5.92 Å². The number of ether oxygens (including phenoxy) is 2. The fourth-order valence-corrected chi connectivity index (χ4v) is 2.15. The molecule has 7 heteroatoms. The van der Waals surface area contributed by atoms with Crippen molar-refractivity contribution in [1.29, 1.82) is 0 Å². The first-order valence-corrected chi connectivity index (χ1v) is 6.58. The maximum absolute atomic E-state index is 12.3. The van der Waals surface area contributed by atoms with E-state index in [1.807, 2.05) is 19.0 Å². The first kappa shape index (κ1) is 14.5. The van der Waals surface area contributed by atoms with Crippen LogP contribution in [0.25, 0.3) is 0 Å². The number of aromatic nitrogens is 2. The Morgan fingerprint density at radius 3 is 2.70 bits per heavy atom. The van der Waals surface area contributed by atoms with Crippen LogP contribution in [0.4, 0.5) is 11.5 Å². The van der Waals surface area contributed by atoms with Gasteiger partial charge in [-0.05, 0) is 12.8 Å². The topological polar surface area (TPSA) is 76.6 Å². The number of carbonyl (C=O) groups excluding carboxylic acids is 1. The van der Waals surface area contributed by atoms with Gasteiger partial charge in [-0.2, -0.15) is 4.98 Å². The van der Waals surface area contributed by atoms with Crippen LogP contribution in [0.1, 0.15) is 12.8 Å². The zero-order chi connectivity index (χ0) is 14.5. The average Bonchev–Trinajstić information content (AvgIpc) is 2.48. The Labute approximate surface area is 118 Å². The maximum atomic E-state index is 12.3. The Bertz CT molecular complexity index is 473. The average molecular weight is 280 g/mol. The molecule has 1 saturated heterocycles. The summed E-state index contributed by atoms with van der Waals surface area (Å²) < 4.78 is 10.5. The van der Waals surface area contributed by atoms with Crippen LogP contribution in [0.2, 0.25) is 0 Å². The van der Waals surface area contributed by atoms with Gasteiger partial charge in [-0.3, -0.25) is 4.79 Å². The molecule has 2 rings (SSSR count). The molecule has 0 aliphatic carbocycles. The molecule has 0 spiro atoms. The highest BCUT2D eigenvalue weighted by Gasteiger charge is 2.24. The van der Waals surface area contributed by atoms with Crippen LogP contribution in [0.3, 0.4) is 0 Å². The van der Waals surface area contributed by atoms with Gasteiger partial charge >= 0.3 is 0 Å². The number of nitrogens with zero attached hydrogens (tertiary/aromatic N) is 3. The lowest BCUT2D eigenvalue weighted by molar-refractivity contribution is -0.122. The number of nitrogens with one attached hydrogen (secondary N) is 1. The molecular formula is C13H20N4O3. The highest BCUT2D eigenvalue weighted by Crippen LogP contribution is 2.31. The quantitative estimate of drug-likeness (QED) is 0.883. The molecule has 1 aliphatic rings. The van der Waals surface area contributed by atoms with E-state index >= 15 is 0 Å². The van der Waals surface area contributed by atoms with E-state index in [9.17, 15) is 4.79 Å². The van der Waals surface area contributed by atoms with Crippen molar-refractivity contribution in [2.45, 2.75) is 12.8 Å². The van der Waals surface area contributed by atoms with E-state index in [1.54, 1.807) is 0 Å². The highest BCUT2D eigenvalue weighted by molar-refractivity contribution is 5.96. The van der Waals surface area contributed by atoms with Gasteiger partial charge in [0.25, 0.3) is 0 Å². The Morgan fingerprint density at radius 2 is 2.10 bits per heavy atom. The lowest BCUT2D eigenvalue weighted by Gasteiger charge is -2.23. The molecule has 1 aliphatic heterocycles. The monoisotopic (exact) mass is 280 g/mol. The number of hydrogen-bond donors (Lipinski definition) is 1. The predicted octanol–water partition coefficient (Wildman–Crippen LogP) is 0.916. The Morgan fingerprint density at radius 1 is 1.40 bits per heavy atom. The number of hydrogen-bond acceptors (Lipinski definition) is 6. The van der Waals surface area contributed by atoms with E-state index in [2.05, 4.69) is 15.3 Å².